The van der Waals surface area contributed by atoms with E-state index in [1.165, 1.54) is 26.2 Å². The number of hydrogen-bond donors (Lipinski definition) is 1. The Morgan fingerprint density at radius 2 is 1.63 bits per heavy atom. The minimum Gasteiger partial charge on any atom is -0.370 e. The van der Waals surface area contributed by atoms with E-state index in [1.807, 2.05) is 48.5 Å². The molecule has 278 valence electrons. The van der Waals surface area contributed by atoms with Crippen LogP contribution in [0.3, 0.4) is 0 Å². The van der Waals surface area contributed by atoms with Gasteiger partial charge in [-0.3, -0.25) is 18.7 Å². The number of anilines is 1. The predicted molar refractivity (Wildman–Crippen MR) is 199 cm³/mol. The molecule has 0 radical (unpaired) electrons. The van der Waals surface area contributed by atoms with E-state index < -0.39 is 35.3 Å². The molecule has 5 aromatic rings. The van der Waals surface area contributed by atoms with Gasteiger partial charge in [0.25, 0.3) is 11.8 Å². The van der Waals surface area contributed by atoms with E-state index in [2.05, 4.69) is 48.1 Å². The van der Waals surface area contributed by atoms with Gasteiger partial charge in [0.2, 0.25) is 0 Å². The summed E-state index contributed by atoms with van der Waals surface area (Å²) in [5, 5.41) is 2.98. The molecule has 54 heavy (non-hydrogen) atoms. The van der Waals surface area contributed by atoms with Crippen molar-refractivity contribution < 1.29 is 22.8 Å². The van der Waals surface area contributed by atoms with Crippen LogP contribution in [0.1, 0.15) is 44.6 Å². The molecular weight excluding hydrogens is 765 g/mol. The molecule has 2 saturated heterocycles. The fraction of sp³-hybridized carbons (Fsp3) is 0.308. The number of halogens is 4. The molecule has 0 unspecified atom stereocenters. The third kappa shape index (κ3) is 6.38. The molecule has 2 amide bonds. The summed E-state index contributed by atoms with van der Waals surface area (Å²) in [5.41, 5.74) is 2.02. The number of amides is 2. The second kappa shape index (κ2) is 13.5. The van der Waals surface area contributed by atoms with Crippen LogP contribution >= 0.6 is 15.9 Å². The lowest BCUT2D eigenvalue weighted by Gasteiger charge is -2.60. The Labute approximate surface area is 317 Å². The number of imidazole rings is 1. The number of likely N-dealkylation sites (tertiary alicyclic amines) is 1. The van der Waals surface area contributed by atoms with Crippen molar-refractivity contribution in [2.24, 2.45) is 5.41 Å². The quantitative estimate of drug-likeness (QED) is 0.228. The molecule has 5 heterocycles. The first-order valence-corrected chi connectivity index (χ1v) is 18.3. The highest BCUT2D eigenvalue weighted by Crippen LogP contribution is 2.41. The molecule has 1 atom stereocenters. The van der Waals surface area contributed by atoms with Gasteiger partial charge in [0.1, 0.15) is 5.69 Å². The van der Waals surface area contributed by atoms with Crippen molar-refractivity contribution in [3.63, 3.8) is 0 Å². The van der Waals surface area contributed by atoms with Crippen LogP contribution in [0.2, 0.25) is 0 Å². The number of fused-ring (bicyclic) bond motifs is 1. The van der Waals surface area contributed by atoms with Crippen molar-refractivity contribution in [1.29, 1.82) is 0 Å². The maximum Gasteiger partial charge on any atom is 0.417 e. The SMILES string of the molecule is C[C@H]1Cn2c(c(C(=O)NCc3ccccc3-c3ncccn3)n(-c3ccc(N4CC5(CN(C)C5)C4)cc3)c2=O)CN1C(=O)c1ccc(Br)c(C(F)(F)F)c1. The van der Waals surface area contributed by atoms with Gasteiger partial charge in [-0.05, 0) is 68.1 Å². The monoisotopic (exact) mass is 800 g/mol. The molecule has 1 spiro atoms. The summed E-state index contributed by atoms with van der Waals surface area (Å²) < 4.78 is 44.0. The topological polar surface area (TPSA) is 109 Å². The highest BCUT2D eigenvalue weighted by atomic mass is 79.9. The van der Waals surface area contributed by atoms with Gasteiger partial charge in [-0.2, -0.15) is 13.2 Å². The third-order valence-corrected chi connectivity index (χ3v) is 11.2. The lowest BCUT2D eigenvalue weighted by Crippen LogP contribution is -2.71. The molecule has 11 nitrogen and oxygen atoms in total. The standard InChI is InChI=1S/C39H36BrF3N8O3/c1-24-18-50-32(19-49(24)36(53)25-8-13-31(40)30(16-25)39(41,42)43)33(35(52)46-17-26-6-3-4-7-29(26)34-44-14-5-15-45-34)51(37(50)54)28-11-9-27(10-12-28)48-22-38(23-48)20-47(2)21-38/h3-16,24H,17-23H2,1-2H3,(H,46,52)/t24-/m0/s1. The summed E-state index contributed by atoms with van der Waals surface area (Å²) in [7, 11) is 2.11. The van der Waals surface area contributed by atoms with Crippen molar-refractivity contribution in [1.82, 2.24) is 34.2 Å². The molecule has 0 saturated carbocycles. The average Bonchev–Trinajstić information content (AvgIpc) is 3.41. The minimum absolute atomic E-state index is 0.0341. The van der Waals surface area contributed by atoms with E-state index in [0.717, 1.165) is 49.1 Å². The van der Waals surface area contributed by atoms with E-state index in [9.17, 15) is 27.6 Å². The number of benzene rings is 3. The van der Waals surface area contributed by atoms with Gasteiger partial charge in [-0.15, -0.1) is 0 Å². The van der Waals surface area contributed by atoms with Crippen LogP contribution in [0.25, 0.3) is 17.1 Å². The van der Waals surface area contributed by atoms with Crippen molar-refractivity contribution in [2.45, 2.75) is 38.8 Å². The predicted octanol–water partition coefficient (Wildman–Crippen LogP) is 5.60. The lowest BCUT2D eigenvalue weighted by atomic mass is 9.73. The molecular formula is C39H36BrF3N8O3. The van der Waals surface area contributed by atoms with Crippen LogP contribution in [0.15, 0.2) is 94.5 Å². The Balaban J connectivity index is 1.14. The van der Waals surface area contributed by atoms with Crippen molar-refractivity contribution >= 4 is 33.4 Å². The second-order valence-electron chi connectivity index (χ2n) is 14.5. The van der Waals surface area contributed by atoms with Crippen LogP contribution < -0.4 is 15.9 Å². The van der Waals surface area contributed by atoms with E-state index in [1.54, 1.807) is 25.4 Å². The minimum atomic E-state index is -4.68. The summed E-state index contributed by atoms with van der Waals surface area (Å²) >= 11 is 2.94. The summed E-state index contributed by atoms with van der Waals surface area (Å²) in [6.07, 6.45) is -1.42. The number of carbonyl (C=O) groups is 2. The fourth-order valence-corrected chi connectivity index (χ4v) is 8.52. The summed E-state index contributed by atoms with van der Waals surface area (Å²) in [6.45, 7) is 5.69. The van der Waals surface area contributed by atoms with E-state index in [-0.39, 0.29) is 41.1 Å². The van der Waals surface area contributed by atoms with E-state index >= 15 is 0 Å². The number of alkyl halides is 3. The highest BCUT2D eigenvalue weighted by molar-refractivity contribution is 9.10. The number of nitrogens with one attached hydrogen (secondary N) is 1. The number of carbonyl (C=O) groups excluding carboxylic acids is 2. The molecule has 3 aromatic carbocycles. The molecule has 0 aliphatic carbocycles. The molecule has 1 N–H and O–H groups in total. The Kier molecular flexibility index (Phi) is 8.96. The maximum absolute atomic E-state index is 14.4. The number of hydrogen-bond acceptors (Lipinski definition) is 7. The second-order valence-corrected chi connectivity index (χ2v) is 15.3. The van der Waals surface area contributed by atoms with Gasteiger partial charge in [0.05, 0.1) is 23.5 Å². The Morgan fingerprint density at radius 1 is 0.944 bits per heavy atom. The molecule has 15 heteroatoms. The van der Waals surface area contributed by atoms with Gasteiger partial charge >= 0.3 is 11.9 Å². The van der Waals surface area contributed by atoms with E-state index in [4.69, 9.17) is 0 Å². The molecule has 3 aliphatic rings. The van der Waals surface area contributed by atoms with Crippen molar-refractivity contribution in [3.05, 3.63) is 128 Å². The summed E-state index contributed by atoms with van der Waals surface area (Å²) in [4.78, 5) is 57.2. The normalized spacial score (nSPS) is 17.9. The van der Waals surface area contributed by atoms with Gasteiger partial charge in [0, 0.05) is 84.4 Å². The number of aromatic nitrogens is 4. The first-order chi connectivity index (χ1) is 25.8. The average molecular weight is 802 g/mol. The van der Waals surface area contributed by atoms with Crippen molar-refractivity contribution in [2.75, 3.05) is 38.1 Å². The van der Waals surface area contributed by atoms with Gasteiger partial charge in [0.15, 0.2) is 5.82 Å². The Morgan fingerprint density at radius 3 is 2.31 bits per heavy atom. The smallest absolute Gasteiger partial charge is 0.370 e. The lowest BCUT2D eigenvalue weighted by molar-refractivity contribution is -0.138. The largest absolute Gasteiger partial charge is 0.417 e. The third-order valence-electron chi connectivity index (χ3n) is 10.5. The zero-order chi connectivity index (χ0) is 37.9. The Hall–Kier alpha value is -5.28. The zero-order valence-corrected chi connectivity index (χ0v) is 31.1. The first-order valence-electron chi connectivity index (χ1n) is 17.5. The highest BCUT2D eigenvalue weighted by Gasteiger charge is 2.50. The van der Waals surface area contributed by atoms with E-state index in [0.29, 0.717) is 16.9 Å². The Bertz CT molecular complexity index is 2310. The fourth-order valence-electron chi connectivity index (χ4n) is 8.05. The van der Waals surface area contributed by atoms with Crippen molar-refractivity contribution in [3.8, 4) is 17.1 Å². The van der Waals surface area contributed by atoms with Gasteiger partial charge < -0.3 is 20.0 Å². The molecule has 2 fully saturated rings. The number of rotatable bonds is 7. The van der Waals surface area contributed by atoms with Crippen LogP contribution in [0.5, 0.6) is 0 Å². The molecule has 0 bridgehead atoms. The summed E-state index contributed by atoms with van der Waals surface area (Å²) in [6, 6.07) is 19.4. The molecule has 2 aromatic heterocycles. The first kappa shape index (κ1) is 35.7. The zero-order valence-electron chi connectivity index (χ0n) is 29.5. The number of nitrogens with zero attached hydrogens (tertiary/aromatic N) is 7. The molecule has 8 rings (SSSR count). The summed E-state index contributed by atoms with van der Waals surface area (Å²) in [5.74, 6) is -0.718. The van der Waals surface area contributed by atoms with Crippen LogP contribution in [0.4, 0.5) is 18.9 Å². The van der Waals surface area contributed by atoms with Gasteiger partial charge in [-0.25, -0.2) is 14.8 Å². The molecule has 3 aliphatic heterocycles. The van der Waals surface area contributed by atoms with Gasteiger partial charge in [-0.1, -0.05) is 40.2 Å². The van der Waals surface area contributed by atoms with Crippen LogP contribution in [-0.4, -0.2) is 80.0 Å². The van der Waals surface area contributed by atoms with Crippen LogP contribution in [-0.2, 0) is 25.8 Å². The maximum atomic E-state index is 14.4. The van der Waals surface area contributed by atoms with Crippen LogP contribution in [0, 0.1) is 5.41 Å².